The van der Waals surface area contributed by atoms with Crippen molar-refractivity contribution in [3.63, 3.8) is 0 Å². The second-order valence-corrected chi connectivity index (χ2v) is 4.03. The van der Waals surface area contributed by atoms with Crippen molar-refractivity contribution in [1.82, 2.24) is 4.90 Å². The second kappa shape index (κ2) is 7.65. The van der Waals surface area contributed by atoms with Crippen LogP contribution >= 0.6 is 0 Å². The molecule has 0 spiro atoms. The molecule has 4 nitrogen and oxygen atoms in total. The molecular weight excluding hydrogens is 192 g/mol. The molecule has 0 rings (SSSR count). The van der Waals surface area contributed by atoms with Crippen LogP contribution in [0.25, 0.3) is 0 Å². The summed E-state index contributed by atoms with van der Waals surface area (Å²) in [7, 11) is 3.36. The van der Waals surface area contributed by atoms with Crippen LogP contribution in [0.1, 0.15) is 20.8 Å². The Hall–Kier alpha value is -0.610. The lowest BCUT2D eigenvalue weighted by Gasteiger charge is -2.32. The fourth-order valence-corrected chi connectivity index (χ4v) is 1.43. The van der Waals surface area contributed by atoms with Crippen LogP contribution < -0.4 is 0 Å². The van der Waals surface area contributed by atoms with Crippen LogP contribution in [0.2, 0.25) is 0 Å². The number of nitrogens with one attached hydrogen (secondary N) is 1. The van der Waals surface area contributed by atoms with E-state index in [9.17, 15) is 0 Å². The van der Waals surface area contributed by atoms with Gasteiger partial charge < -0.3 is 14.4 Å². The van der Waals surface area contributed by atoms with Crippen LogP contribution in [0.15, 0.2) is 0 Å². The number of amidine groups is 1. The summed E-state index contributed by atoms with van der Waals surface area (Å²) < 4.78 is 10.2. The minimum atomic E-state index is 0.222. The SMILES string of the molecule is COCCN(C(=N)C(C)C)C(C)COC. The first kappa shape index (κ1) is 14.4. The molecule has 0 aromatic heterocycles. The van der Waals surface area contributed by atoms with Gasteiger partial charge in [0.2, 0.25) is 0 Å². The molecule has 4 heteroatoms. The summed E-state index contributed by atoms with van der Waals surface area (Å²) in [6.07, 6.45) is 0. The molecule has 0 amide bonds. The zero-order chi connectivity index (χ0) is 11.8. The van der Waals surface area contributed by atoms with Gasteiger partial charge >= 0.3 is 0 Å². The van der Waals surface area contributed by atoms with Crippen LogP contribution in [0.4, 0.5) is 0 Å². The average Bonchev–Trinajstić information content (AvgIpc) is 2.18. The van der Waals surface area contributed by atoms with E-state index in [0.717, 1.165) is 6.54 Å². The predicted octanol–water partition coefficient (Wildman–Crippen LogP) is 1.60. The van der Waals surface area contributed by atoms with E-state index in [1.54, 1.807) is 14.2 Å². The highest BCUT2D eigenvalue weighted by Gasteiger charge is 2.18. The van der Waals surface area contributed by atoms with Gasteiger partial charge in [0.25, 0.3) is 0 Å². The summed E-state index contributed by atoms with van der Waals surface area (Å²) in [6, 6.07) is 0.222. The van der Waals surface area contributed by atoms with Gasteiger partial charge in [-0.2, -0.15) is 0 Å². The Labute approximate surface area is 93.1 Å². The van der Waals surface area contributed by atoms with Gasteiger partial charge in [0.05, 0.1) is 25.1 Å². The van der Waals surface area contributed by atoms with E-state index >= 15 is 0 Å². The molecule has 15 heavy (non-hydrogen) atoms. The predicted molar refractivity (Wildman–Crippen MR) is 62.5 cm³/mol. The summed E-state index contributed by atoms with van der Waals surface area (Å²) in [5, 5.41) is 8.00. The largest absolute Gasteiger partial charge is 0.383 e. The molecule has 1 atom stereocenters. The molecular formula is C11H24N2O2. The average molecular weight is 216 g/mol. The highest BCUT2D eigenvalue weighted by atomic mass is 16.5. The Morgan fingerprint density at radius 1 is 1.20 bits per heavy atom. The number of hydrogen-bond acceptors (Lipinski definition) is 3. The van der Waals surface area contributed by atoms with Crippen LogP contribution in [-0.2, 0) is 9.47 Å². The lowest BCUT2D eigenvalue weighted by Crippen LogP contribution is -2.44. The standard InChI is InChI=1S/C11H24N2O2/c1-9(2)11(12)13(6-7-14-4)10(3)8-15-5/h9-10,12H,6-8H2,1-5H3. The van der Waals surface area contributed by atoms with Crippen molar-refractivity contribution in [3.05, 3.63) is 0 Å². The first-order chi connectivity index (χ1) is 7.04. The van der Waals surface area contributed by atoms with Gasteiger partial charge in [-0.05, 0) is 6.92 Å². The van der Waals surface area contributed by atoms with Crippen LogP contribution in [0, 0.1) is 11.3 Å². The lowest BCUT2D eigenvalue weighted by molar-refractivity contribution is 0.110. The van der Waals surface area contributed by atoms with Crippen LogP contribution in [0.5, 0.6) is 0 Å². The highest BCUT2D eigenvalue weighted by Crippen LogP contribution is 2.07. The first-order valence-corrected chi connectivity index (χ1v) is 5.37. The minimum absolute atomic E-state index is 0.222. The molecule has 90 valence electrons. The van der Waals surface area contributed by atoms with Crippen molar-refractivity contribution < 1.29 is 9.47 Å². The third kappa shape index (κ3) is 5.14. The van der Waals surface area contributed by atoms with E-state index in [0.29, 0.717) is 19.0 Å². The maximum atomic E-state index is 8.00. The third-order valence-electron chi connectivity index (χ3n) is 2.33. The molecule has 0 saturated heterocycles. The van der Waals surface area contributed by atoms with E-state index in [2.05, 4.69) is 6.92 Å². The van der Waals surface area contributed by atoms with E-state index in [-0.39, 0.29) is 12.0 Å². The van der Waals surface area contributed by atoms with E-state index in [1.807, 2.05) is 18.7 Å². The minimum Gasteiger partial charge on any atom is -0.383 e. The fraction of sp³-hybridized carbons (Fsp3) is 0.909. The smallest absolute Gasteiger partial charge is 0.0987 e. The van der Waals surface area contributed by atoms with Gasteiger partial charge in [0.1, 0.15) is 0 Å². The van der Waals surface area contributed by atoms with E-state index in [4.69, 9.17) is 14.9 Å². The number of ether oxygens (including phenoxy) is 2. The van der Waals surface area contributed by atoms with Gasteiger partial charge in [-0.3, -0.25) is 5.41 Å². The molecule has 0 bridgehead atoms. The van der Waals surface area contributed by atoms with E-state index < -0.39 is 0 Å². The number of methoxy groups -OCH3 is 2. The summed E-state index contributed by atoms with van der Waals surface area (Å²) in [5.74, 6) is 0.887. The van der Waals surface area contributed by atoms with Gasteiger partial charge in [-0.25, -0.2) is 0 Å². The molecule has 0 aliphatic heterocycles. The summed E-state index contributed by atoms with van der Waals surface area (Å²) in [6.45, 7) is 8.15. The Balaban J connectivity index is 4.35. The number of hydrogen-bond donors (Lipinski definition) is 1. The lowest BCUT2D eigenvalue weighted by atomic mass is 10.1. The van der Waals surface area contributed by atoms with Gasteiger partial charge in [-0.1, -0.05) is 13.8 Å². The van der Waals surface area contributed by atoms with Crippen molar-refractivity contribution in [2.24, 2.45) is 5.92 Å². The Morgan fingerprint density at radius 3 is 2.20 bits per heavy atom. The quantitative estimate of drug-likeness (QED) is 0.519. The van der Waals surface area contributed by atoms with Crippen molar-refractivity contribution in [2.75, 3.05) is 34.0 Å². The Bertz CT molecular complexity index is 183. The normalized spacial score (nSPS) is 12.9. The first-order valence-electron chi connectivity index (χ1n) is 5.37. The van der Waals surface area contributed by atoms with E-state index in [1.165, 1.54) is 0 Å². The van der Waals surface area contributed by atoms with Gasteiger partial charge in [0.15, 0.2) is 0 Å². The molecule has 1 unspecified atom stereocenters. The van der Waals surface area contributed by atoms with Gasteiger partial charge in [0, 0.05) is 26.7 Å². The molecule has 0 aliphatic carbocycles. The van der Waals surface area contributed by atoms with Crippen LogP contribution in [-0.4, -0.2) is 50.8 Å². The molecule has 0 saturated carbocycles. The fourth-order valence-electron chi connectivity index (χ4n) is 1.43. The molecule has 0 fully saturated rings. The third-order valence-corrected chi connectivity index (χ3v) is 2.33. The Kier molecular flexibility index (Phi) is 7.34. The molecule has 0 heterocycles. The molecule has 0 aromatic carbocycles. The van der Waals surface area contributed by atoms with Crippen molar-refractivity contribution in [2.45, 2.75) is 26.8 Å². The molecule has 0 aromatic rings. The molecule has 0 aliphatic rings. The molecule has 0 radical (unpaired) electrons. The summed E-state index contributed by atoms with van der Waals surface area (Å²) in [5.41, 5.74) is 0. The number of rotatable bonds is 7. The van der Waals surface area contributed by atoms with Crippen LogP contribution in [0.3, 0.4) is 0 Å². The zero-order valence-electron chi connectivity index (χ0n) is 10.5. The topological polar surface area (TPSA) is 45.5 Å². The monoisotopic (exact) mass is 216 g/mol. The summed E-state index contributed by atoms with van der Waals surface area (Å²) in [4.78, 5) is 2.04. The molecule has 1 N–H and O–H groups in total. The van der Waals surface area contributed by atoms with Gasteiger partial charge in [-0.15, -0.1) is 0 Å². The highest BCUT2D eigenvalue weighted by molar-refractivity contribution is 5.81. The van der Waals surface area contributed by atoms with Crippen molar-refractivity contribution in [1.29, 1.82) is 5.41 Å². The maximum Gasteiger partial charge on any atom is 0.0987 e. The van der Waals surface area contributed by atoms with Crippen molar-refractivity contribution in [3.8, 4) is 0 Å². The zero-order valence-corrected chi connectivity index (χ0v) is 10.5. The second-order valence-electron chi connectivity index (χ2n) is 4.03. The summed E-state index contributed by atoms with van der Waals surface area (Å²) >= 11 is 0. The van der Waals surface area contributed by atoms with Crippen molar-refractivity contribution >= 4 is 5.84 Å². The maximum absolute atomic E-state index is 8.00. The Morgan fingerprint density at radius 2 is 1.80 bits per heavy atom. The number of nitrogens with zero attached hydrogens (tertiary/aromatic N) is 1.